The molecule has 2 unspecified atom stereocenters. The molecule has 0 N–H and O–H groups in total. The van der Waals surface area contributed by atoms with Crippen LogP contribution in [0.4, 0.5) is 0 Å². The third-order valence-corrected chi connectivity index (χ3v) is 4.59. The molecule has 1 aliphatic rings. The van der Waals surface area contributed by atoms with Gasteiger partial charge in [0.1, 0.15) is 5.75 Å². The van der Waals surface area contributed by atoms with Gasteiger partial charge in [-0.3, -0.25) is 0 Å². The van der Waals surface area contributed by atoms with Gasteiger partial charge in [0.05, 0.1) is 22.6 Å². The quantitative estimate of drug-likeness (QED) is 0.773. The highest BCUT2D eigenvalue weighted by Gasteiger charge is 2.38. The Balaban J connectivity index is 2.25. The molecule has 1 aromatic carbocycles. The standard InChI is InChI=1S/C13H16BrClO2/c1-13(6-3-7-17-13)12(15)9-4-5-11(16-2)10(14)8-9/h4-5,8,12H,3,6-7H2,1-2H3. The topological polar surface area (TPSA) is 18.5 Å². The largest absolute Gasteiger partial charge is 0.496 e. The van der Waals surface area contributed by atoms with E-state index in [2.05, 4.69) is 22.9 Å². The molecular formula is C13H16BrClO2. The SMILES string of the molecule is COc1ccc(C(Cl)C2(C)CCCO2)cc1Br. The first-order chi connectivity index (χ1) is 8.07. The van der Waals surface area contributed by atoms with E-state index in [0.29, 0.717) is 0 Å². The lowest BCUT2D eigenvalue weighted by molar-refractivity contribution is 0.0164. The molecule has 0 aromatic heterocycles. The second-order valence-corrected chi connectivity index (χ2v) is 5.81. The van der Waals surface area contributed by atoms with Crippen LogP contribution in [0.5, 0.6) is 5.75 Å². The smallest absolute Gasteiger partial charge is 0.133 e. The minimum Gasteiger partial charge on any atom is -0.496 e. The first-order valence-electron chi connectivity index (χ1n) is 5.68. The van der Waals surface area contributed by atoms with Gasteiger partial charge in [0.15, 0.2) is 0 Å². The number of benzene rings is 1. The van der Waals surface area contributed by atoms with Gasteiger partial charge < -0.3 is 9.47 Å². The molecule has 0 aliphatic carbocycles. The van der Waals surface area contributed by atoms with Crippen molar-refractivity contribution in [3.05, 3.63) is 28.2 Å². The van der Waals surface area contributed by atoms with Crippen molar-refractivity contribution in [2.45, 2.75) is 30.7 Å². The van der Waals surface area contributed by atoms with Gasteiger partial charge >= 0.3 is 0 Å². The lowest BCUT2D eigenvalue weighted by Gasteiger charge is -2.29. The predicted octanol–water partition coefficient (Wildman–Crippen LogP) is 4.31. The number of rotatable bonds is 3. The van der Waals surface area contributed by atoms with Gasteiger partial charge in [-0.1, -0.05) is 6.07 Å². The van der Waals surface area contributed by atoms with E-state index in [1.807, 2.05) is 18.2 Å². The fraction of sp³-hybridized carbons (Fsp3) is 0.538. The van der Waals surface area contributed by atoms with Gasteiger partial charge in [0, 0.05) is 6.61 Å². The lowest BCUT2D eigenvalue weighted by Crippen LogP contribution is -2.28. The van der Waals surface area contributed by atoms with E-state index in [-0.39, 0.29) is 11.0 Å². The number of hydrogen-bond donors (Lipinski definition) is 0. The molecule has 2 rings (SSSR count). The molecule has 0 radical (unpaired) electrons. The zero-order valence-corrected chi connectivity index (χ0v) is 12.3. The molecule has 1 fully saturated rings. The van der Waals surface area contributed by atoms with Crippen LogP contribution in [-0.2, 0) is 4.74 Å². The van der Waals surface area contributed by atoms with E-state index in [0.717, 1.165) is 35.2 Å². The summed E-state index contributed by atoms with van der Waals surface area (Å²) in [6.07, 6.45) is 2.09. The molecule has 0 amide bonds. The van der Waals surface area contributed by atoms with Gasteiger partial charge in [-0.05, 0) is 53.4 Å². The molecule has 17 heavy (non-hydrogen) atoms. The highest BCUT2D eigenvalue weighted by atomic mass is 79.9. The molecule has 1 heterocycles. The average Bonchev–Trinajstić information content (AvgIpc) is 2.76. The number of alkyl halides is 1. The summed E-state index contributed by atoms with van der Waals surface area (Å²) in [5.41, 5.74) is 0.805. The molecule has 1 aromatic rings. The Morgan fingerprint density at radius 3 is 2.82 bits per heavy atom. The zero-order chi connectivity index (χ0) is 12.5. The average molecular weight is 320 g/mol. The minimum absolute atomic E-state index is 0.132. The maximum Gasteiger partial charge on any atom is 0.133 e. The molecule has 0 saturated carbocycles. The van der Waals surface area contributed by atoms with Crippen LogP contribution in [0.1, 0.15) is 30.7 Å². The van der Waals surface area contributed by atoms with Gasteiger partial charge in [-0.2, -0.15) is 0 Å². The summed E-state index contributed by atoms with van der Waals surface area (Å²) >= 11 is 10.0. The van der Waals surface area contributed by atoms with Gasteiger partial charge in [0.25, 0.3) is 0 Å². The van der Waals surface area contributed by atoms with Crippen LogP contribution in [0.15, 0.2) is 22.7 Å². The third kappa shape index (κ3) is 2.61. The van der Waals surface area contributed by atoms with Crippen molar-refractivity contribution in [2.24, 2.45) is 0 Å². The summed E-state index contributed by atoms with van der Waals surface area (Å²) in [6.45, 7) is 2.88. The predicted molar refractivity (Wildman–Crippen MR) is 72.9 cm³/mol. The summed E-state index contributed by atoms with van der Waals surface area (Å²) in [6, 6.07) is 5.92. The molecule has 0 spiro atoms. The van der Waals surface area contributed by atoms with Crippen molar-refractivity contribution in [1.82, 2.24) is 0 Å². The maximum absolute atomic E-state index is 6.53. The first-order valence-corrected chi connectivity index (χ1v) is 6.91. The highest BCUT2D eigenvalue weighted by molar-refractivity contribution is 9.10. The summed E-state index contributed by atoms with van der Waals surface area (Å²) in [5.74, 6) is 0.815. The van der Waals surface area contributed by atoms with E-state index in [9.17, 15) is 0 Å². The Morgan fingerprint density at radius 2 is 2.29 bits per heavy atom. The Kier molecular flexibility index (Phi) is 4.01. The monoisotopic (exact) mass is 318 g/mol. The van der Waals surface area contributed by atoms with Gasteiger partial charge in [-0.15, -0.1) is 11.6 Å². The Labute approximate surface area is 115 Å². The second kappa shape index (κ2) is 5.17. The van der Waals surface area contributed by atoms with E-state index in [4.69, 9.17) is 21.1 Å². The fourth-order valence-electron chi connectivity index (χ4n) is 2.19. The van der Waals surface area contributed by atoms with Crippen LogP contribution in [0.2, 0.25) is 0 Å². The molecule has 4 heteroatoms. The summed E-state index contributed by atoms with van der Waals surface area (Å²) in [7, 11) is 1.65. The number of ether oxygens (including phenoxy) is 2. The summed E-state index contributed by atoms with van der Waals surface area (Å²) < 4.78 is 11.9. The number of methoxy groups -OCH3 is 1. The Hall–Kier alpha value is -0.250. The van der Waals surface area contributed by atoms with Crippen molar-refractivity contribution in [3.63, 3.8) is 0 Å². The Bertz CT molecular complexity index is 402. The molecule has 94 valence electrons. The van der Waals surface area contributed by atoms with Gasteiger partial charge in [-0.25, -0.2) is 0 Å². The lowest BCUT2D eigenvalue weighted by atomic mass is 9.93. The maximum atomic E-state index is 6.53. The molecule has 1 aliphatic heterocycles. The van der Waals surface area contributed by atoms with Crippen molar-refractivity contribution >= 4 is 27.5 Å². The van der Waals surface area contributed by atoms with Crippen molar-refractivity contribution in [3.8, 4) is 5.75 Å². The number of hydrogen-bond acceptors (Lipinski definition) is 2. The van der Waals surface area contributed by atoms with Crippen LogP contribution in [0, 0.1) is 0 Å². The summed E-state index contributed by atoms with van der Waals surface area (Å²) in [4.78, 5) is 0. The van der Waals surface area contributed by atoms with Crippen LogP contribution in [0.25, 0.3) is 0 Å². The van der Waals surface area contributed by atoms with Crippen LogP contribution >= 0.6 is 27.5 Å². The van der Waals surface area contributed by atoms with Crippen LogP contribution < -0.4 is 4.74 Å². The van der Waals surface area contributed by atoms with Gasteiger partial charge in [0.2, 0.25) is 0 Å². The molecule has 0 bridgehead atoms. The molecule has 2 atom stereocenters. The second-order valence-electron chi connectivity index (χ2n) is 4.52. The van der Waals surface area contributed by atoms with E-state index in [1.54, 1.807) is 7.11 Å². The fourth-order valence-corrected chi connectivity index (χ4v) is 3.06. The van der Waals surface area contributed by atoms with E-state index >= 15 is 0 Å². The summed E-state index contributed by atoms with van der Waals surface area (Å²) in [5, 5.41) is -0.132. The normalized spacial score (nSPS) is 25.9. The number of halogens is 2. The van der Waals surface area contributed by atoms with Crippen LogP contribution in [-0.4, -0.2) is 19.3 Å². The van der Waals surface area contributed by atoms with Crippen molar-refractivity contribution < 1.29 is 9.47 Å². The van der Waals surface area contributed by atoms with Crippen molar-refractivity contribution in [2.75, 3.05) is 13.7 Å². The molecule has 1 saturated heterocycles. The molecular weight excluding hydrogens is 303 g/mol. The van der Waals surface area contributed by atoms with Crippen LogP contribution in [0.3, 0.4) is 0 Å². The minimum atomic E-state index is -0.254. The Morgan fingerprint density at radius 1 is 1.53 bits per heavy atom. The van der Waals surface area contributed by atoms with Crippen molar-refractivity contribution in [1.29, 1.82) is 0 Å². The van der Waals surface area contributed by atoms with E-state index < -0.39 is 0 Å². The first kappa shape index (κ1) is 13.2. The highest BCUT2D eigenvalue weighted by Crippen LogP contribution is 2.43. The molecule has 2 nitrogen and oxygen atoms in total. The van der Waals surface area contributed by atoms with E-state index in [1.165, 1.54) is 0 Å². The zero-order valence-electron chi connectivity index (χ0n) is 10.0. The third-order valence-electron chi connectivity index (χ3n) is 3.25.